The monoisotopic (exact) mass is 155 g/mol. The van der Waals surface area contributed by atoms with Crippen molar-refractivity contribution in [3.8, 4) is 0 Å². The first-order valence-electron chi connectivity index (χ1n) is 2.80. The molecule has 0 bridgehead atoms. The minimum atomic E-state index is -1.33. The van der Waals surface area contributed by atoms with Gasteiger partial charge in [-0.15, -0.1) is 0 Å². The van der Waals surface area contributed by atoms with Crippen LogP contribution in [0.4, 0.5) is 0 Å². The van der Waals surface area contributed by atoms with E-state index in [2.05, 4.69) is 0 Å². The van der Waals surface area contributed by atoms with Gasteiger partial charge in [-0.1, -0.05) is 13.8 Å². The molecule has 4 heteroatoms. The summed E-state index contributed by atoms with van der Waals surface area (Å²) < 4.78 is 0. The van der Waals surface area contributed by atoms with Crippen molar-refractivity contribution in [1.29, 1.82) is 0 Å². The van der Waals surface area contributed by atoms with Gasteiger partial charge in [0, 0.05) is 37.4 Å². The molecule has 0 spiro atoms. The summed E-state index contributed by atoms with van der Waals surface area (Å²) in [5.41, 5.74) is 0. The van der Waals surface area contributed by atoms with Crippen molar-refractivity contribution in [2.45, 2.75) is 20.3 Å². The van der Waals surface area contributed by atoms with Crippen LogP contribution in [0.25, 0.3) is 0 Å². The van der Waals surface area contributed by atoms with Crippen LogP contribution in [0, 0.1) is 5.92 Å². The zero-order valence-electron chi connectivity index (χ0n) is 6.55. The number of ketones is 1. The predicted octanol–water partition coefficient (Wildman–Crippen LogP) is 0.551. The molecule has 0 aromatic carbocycles. The predicted molar refractivity (Wildman–Crippen MR) is 40.0 cm³/mol. The molecular formula is C6H12NaO3. The summed E-state index contributed by atoms with van der Waals surface area (Å²) in [5, 5.41) is 8.08. The van der Waals surface area contributed by atoms with Gasteiger partial charge in [0.05, 0.1) is 0 Å². The fourth-order valence-corrected chi connectivity index (χ4v) is 0.458. The van der Waals surface area contributed by atoms with Gasteiger partial charge in [0.1, 0.15) is 0 Å². The molecule has 0 fully saturated rings. The van der Waals surface area contributed by atoms with Gasteiger partial charge in [0.15, 0.2) is 0 Å². The van der Waals surface area contributed by atoms with Gasteiger partial charge < -0.3 is 5.11 Å². The molecule has 0 rings (SSSR count). The van der Waals surface area contributed by atoms with Crippen molar-refractivity contribution in [3.05, 3.63) is 0 Å². The summed E-state index contributed by atoms with van der Waals surface area (Å²) in [6, 6.07) is 0. The summed E-state index contributed by atoms with van der Waals surface area (Å²) in [4.78, 5) is 20.2. The number of Topliss-reactive ketones (excluding diaryl/α,β-unsaturated/α-hetero) is 1. The molecule has 1 N–H and O–H groups in total. The van der Waals surface area contributed by atoms with E-state index >= 15 is 0 Å². The molecule has 0 aliphatic rings. The second-order valence-corrected chi connectivity index (χ2v) is 2.33. The summed E-state index contributed by atoms with van der Waals surface area (Å²) in [6.07, 6.45) is 0.134. The van der Waals surface area contributed by atoms with E-state index in [0.29, 0.717) is 0 Å². The van der Waals surface area contributed by atoms with E-state index in [1.165, 1.54) is 0 Å². The molecule has 55 valence electrons. The number of carboxylic acids is 1. The van der Waals surface area contributed by atoms with Crippen LogP contribution in [0.3, 0.4) is 0 Å². The standard InChI is InChI=1S/C6H10O3.Na.H2/c1-4(2)3-5(7)6(8)9;;/h4H,3H2,1-2H3,(H,8,9);;1H. The molecule has 0 aliphatic heterocycles. The van der Waals surface area contributed by atoms with Crippen molar-refractivity contribution < 1.29 is 16.1 Å². The van der Waals surface area contributed by atoms with Crippen molar-refractivity contribution in [3.63, 3.8) is 0 Å². The normalized spacial score (nSPS) is 8.70. The fourth-order valence-electron chi connectivity index (χ4n) is 0.458. The van der Waals surface area contributed by atoms with Crippen LogP contribution in [-0.4, -0.2) is 46.4 Å². The van der Waals surface area contributed by atoms with Gasteiger partial charge in [0.25, 0.3) is 0 Å². The van der Waals surface area contributed by atoms with E-state index in [1.807, 2.05) is 0 Å². The largest absolute Gasteiger partial charge is 0.476 e. The quantitative estimate of drug-likeness (QED) is 0.478. The Bertz CT molecular complexity index is 136. The average molecular weight is 155 g/mol. The average Bonchev–Trinajstić information content (AvgIpc) is 1.63. The Kier molecular flexibility index (Phi) is 7.53. The summed E-state index contributed by atoms with van der Waals surface area (Å²) in [6.45, 7) is 3.61. The maximum absolute atomic E-state index is 10.4. The molecule has 0 aromatic heterocycles. The topological polar surface area (TPSA) is 54.4 Å². The summed E-state index contributed by atoms with van der Waals surface area (Å²) >= 11 is 0. The fraction of sp³-hybridized carbons (Fsp3) is 0.667. The Morgan fingerprint density at radius 3 is 2.00 bits per heavy atom. The zero-order valence-corrected chi connectivity index (χ0v) is 8.55. The molecule has 1 radical (unpaired) electrons. The minimum absolute atomic E-state index is 0. The van der Waals surface area contributed by atoms with E-state index in [9.17, 15) is 9.59 Å². The van der Waals surface area contributed by atoms with E-state index in [4.69, 9.17) is 5.11 Å². The molecule has 0 heterocycles. The smallest absolute Gasteiger partial charge is 0.372 e. The second-order valence-electron chi connectivity index (χ2n) is 2.33. The Morgan fingerprint density at radius 2 is 1.90 bits per heavy atom. The molecule has 3 nitrogen and oxygen atoms in total. The molecule has 0 aliphatic carbocycles. The molecule has 10 heavy (non-hydrogen) atoms. The molecule has 0 unspecified atom stereocenters. The number of hydrogen-bond acceptors (Lipinski definition) is 2. The van der Waals surface area contributed by atoms with Crippen LogP contribution in [0.1, 0.15) is 21.7 Å². The van der Waals surface area contributed by atoms with Gasteiger partial charge in [0.2, 0.25) is 5.78 Å². The third kappa shape index (κ3) is 6.26. The first-order valence-corrected chi connectivity index (χ1v) is 2.80. The Hall–Kier alpha value is 0.140. The number of hydrogen-bond donors (Lipinski definition) is 1. The van der Waals surface area contributed by atoms with Crippen LogP contribution in [0.5, 0.6) is 0 Å². The van der Waals surface area contributed by atoms with E-state index in [-0.39, 0.29) is 43.3 Å². The number of carbonyl (C=O) groups is 2. The maximum atomic E-state index is 10.4. The van der Waals surface area contributed by atoms with Gasteiger partial charge in [-0.05, 0) is 5.92 Å². The number of carboxylic acid groups (broad SMARTS) is 1. The molecule has 0 atom stereocenters. The zero-order chi connectivity index (χ0) is 7.44. The molecular weight excluding hydrogens is 143 g/mol. The number of rotatable bonds is 3. The van der Waals surface area contributed by atoms with Gasteiger partial charge >= 0.3 is 5.97 Å². The first-order chi connectivity index (χ1) is 4.04. The molecule has 0 amide bonds. The summed E-state index contributed by atoms with van der Waals surface area (Å²) in [5.74, 6) is -1.90. The number of carbonyl (C=O) groups excluding carboxylic acids is 1. The summed E-state index contributed by atoms with van der Waals surface area (Å²) in [7, 11) is 0. The third-order valence-electron chi connectivity index (χ3n) is 0.832. The van der Waals surface area contributed by atoms with Crippen molar-refractivity contribution in [2.75, 3.05) is 0 Å². The van der Waals surface area contributed by atoms with Crippen molar-refractivity contribution >= 4 is 41.3 Å². The number of aliphatic carboxylic acids is 1. The Balaban J connectivity index is -0.000000320. The van der Waals surface area contributed by atoms with Gasteiger partial charge in [-0.25, -0.2) is 4.79 Å². The Labute approximate surface area is 83.6 Å². The Morgan fingerprint density at radius 1 is 1.50 bits per heavy atom. The van der Waals surface area contributed by atoms with Crippen LogP contribution in [0.15, 0.2) is 0 Å². The molecule has 0 saturated heterocycles. The minimum Gasteiger partial charge on any atom is -0.476 e. The van der Waals surface area contributed by atoms with Crippen LogP contribution in [-0.2, 0) is 9.59 Å². The van der Waals surface area contributed by atoms with Gasteiger partial charge in [-0.3, -0.25) is 4.79 Å². The third-order valence-corrected chi connectivity index (χ3v) is 0.832. The van der Waals surface area contributed by atoms with Crippen LogP contribution in [0.2, 0.25) is 0 Å². The molecule has 0 aromatic rings. The SMILES string of the molecule is CC(C)CC(=O)C(=O)O.[HH].[Na]. The van der Waals surface area contributed by atoms with Crippen molar-refractivity contribution in [1.82, 2.24) is 0 Å². The van der Waals surface area contributed by atoms with Gasteiger partial charge in [-0.2, -0.15) is 0 Å². The van der Waals surface area contributed by atoms with Crippen molar-refractivity contribution in [2.24, 2.45) is 5.92 Å². The van der Waals surface area contributed by atoms with Crippen LogP contribution >= 0.6 is 0 Å². The van der Waals surface area contributed by atoms with E-state index in [0.717, 1.165) is 0 Å². The van der Waals surface area contributed by atoms with E-state index in [1.54, 1.807) is 13.8 Å². The van der Waals surface area contributed by atoms with Crippen LogP contribution < -0.4 is 0 Å². The molecule has 0 saturated carbocycles. The first kappa shape index (κ1) is 12.8. The maximum Gasteiger partial charge on any atom is 0.372 e. The second kappa shape index (κ2) is 5.89. The van der Waals surface area contributed by atoms with E-state index < -0.39 is 11.8 Å².